The number of nitrogens with one attached hydrogen (secondary N) is 2. The van der Waals surface area contributed by atoms with Gasteiger partial charge < -0.3 is 9.47 Å². The zero-order valence-electron chi connectivity index (χ0n) is 20.3. The van der Waals surface area contributed by atoms with Crippen LogP contribution in [0.15, 0.2) is 92.6 Å². The van der Waals surface area contributed by atoms with Crippen LogP contribution in [0, 0.1) is 0 Å². The van der Waals surface area contributed by atoms with Crippen molar-refractivity contribution in [3.63, 3.8) is 0 Å². The Balaban J connectivity index is 1.66. The lowest BCUT2D eigenvalue weighted by molar-refractivity contribution is 0.317. The zero-order chi connectivity index (χ0) is 25.3. The third kappa shape index (κ3) is 5.78. The molecule has 2 N–H and O–H groups in total. The van der Waals surface area contributed by atoms with Crippen molar-refractivity contribution in [3.05, 3.63) is 104 Å². The Labute approximate surface area is 208 Å². The summed E-state index contributed by atoms with van der Waals surface area (Å²) in [6, 6.07) is 21.5. The molecule has 4 aromatic rings. The summed E-state index contributed by atoms with van der Waals surface area (Å²) in [6.45, 7) is 5.36. The average molecular weight is 485 g/mol. The molecule has 8 nitrogen and oxygen atoms in total. The lowest BCUT2D eigenvalue weighted by atomic mass is 10.1. The number of nitrogens with zero attached hydrogens (tertiary/aromatic N) is 2. The molecule has 0 aromatic heterocycles. The smallest absolute Gasteiger partial charge is 0.256 e. The highest BCUT2D eigenvalue weighted by atomic mass is 16.5. The summed E-state index contributed by atoms with van der Waals surface area (Å²) in [5, 5.41) is 9.68. The molecule has 0 radical (unpaired) electrons. The molecule has 0 atom stereocenters. The van der Waals surface area contributed by atoms with E-state index in [1.54, 1.807) is 48.5 Å². The second kappa shape index (κ2) is 11.8. The molecule has 0 spiro atoms. The first kappa shape index (κ1) is 24.7. The largest absolute Gasteiger partial charge is 0.494 e. The van der Waals surface area contributed by atoms with Crippen LogP contribution < -0.4 is 41.9 Å². The Bertz CT molecular complexity index is 1420. The minimum Gasteiger partial charge on any atom is -0.494 e. The first-order valence-corrected chi connectivity index (χ1v) is 11.9. The van der Waals surface area contributed by atoms with Gasteiger partial charge in [-0.15, -0.1) is 0 Å². The van der Waals surface area contributed by atoms with E-state index in [1.165, 1.54) is 0 Å². The van der Waals surface area contributed by atoms with Gasteiger partial charge in [0.15, 0.2) is 0 Å². The highest BCUT2D eigenvalue weighted by Gasteiger charge is 2.10. The molecule has 0 saturated heterocycles. The lowest BCUT2D eigenvalue weighted by Crippen LogP contribution is -2.48. The highest BCUT2D eigenvalue weighted by Crippen LogP contribution is 2.16. The van der Waals surface area contributed by atoms with E-state index in [0.29, 0.717) is 35.4 Å². The molecule has 0 aliphatic heterocycles. The molecule has 0 aliphatic rings. The highest BCUT2D eigenvalue weighted by molar-refractivity contribution is 5.81. The molecule has 184 valence electrons. The minimum absolute atomic E-state index is 0.0401. The van der Waals surface area contributed by atoms with Crippen molar-refractivity contribution >= 4 is 22.1 Å². The van der Waals surface area contributed by atoms with Gasteiger partial charge in [-0.2, -0.15) is 10.2 Å². The summed E-state index contributed by atoms with van der Waals surface area (Å²) in [4.78, 5) is 26.0. The number of ether oxygens (including phenoxy) is 2. The molecule has 36 heavy (non-hydrogen) atoms. The van der Waals surface area contributed by atoms with Gasteiger partial charge in [-0.25, -0.2) is 0 Å². The standard InChI is InChI=1S/C28H28N4O4/c1-3-17-35-21-13-9-19(10-14-21)29-31-25-23-7-5-6-8-24(23)26(28(34)27(25)33)32-30-20-11-15-22(16-12-20)36-18-4-2/h5-16,29-30H,3-4,17-18H2,1-2H3/b31-25-,32-26+. The zero-order valence-corrected chi connectivity index (χ0v) is 20.3. The summed E-state index contributed by atoms with van der Waals surface area (Å²) in [7, 11) is 0. The molecule has 0 aliphatic carbocycles. The van der Waals surface area contributed by atoms with E-state index in [2.05, 4.69) is 21.1 Å². The van der Waals surface area contributed by atoms with Crippen molar-refractivity contribution < 1.29 is 9.47 Å². The van der Waals surface area contributed by atoms with Gasteiger partial charge in [-0.3, -0.25) is 20.4 Å². The fourth-order valence-corrected chi connectivity index (χ4v) is 3.51. The van der Waals surface area contributed by atoms with Crippen molar-refractivity contribution in [2.24, 2.45) is 10.2 Å². The maximum atomic E-state index is 13.0. The van der Waals surface area contributed by atoms with Crippen LogP contribution in [-0.2, 0) is 0 Å². The van der Waals surface area contributed by atoms with Gasteiger partial charge in [0.2, 0.25) is 0 Å². The number of benzene rings is 4. The predicted molar refractivity (Wildman–Crippen MR) is 142 cm³/mol. The Kier molecular flexibility index (Phi) is 8.08. The van der Waals surface area contributed by atoms with Crippen LogP contribution in [0.2, 0.25) is 0 Å². The van der Waals surface area contributed by atoms with E-state index in [4.69, 9.17) is 9.47 Å². The van der Waals surface area contributed by atoms with Crippen LogP contribution in [0.1, 0.15) is 26.7 Å². The van der Waals surface area contributed by atoms with Gasteiger partial charge in [-0.05, 0) is 61.4 Å². The first-order chi connectivity index (χ1) is 17.6. The molecule has 0 bridgehead atoms. The van der Waals surface area contributed by atoms with Gasteiger partial charge in [0.05, 0.1) is 24.6 Å². The molecule has 0 saturated carbocycles. The topological polar surface area (TPSA) is 101 Å². The number of hydrogen-bond acceptors (Lipinski definition) is 8. The third-order valence-electron chi connectivity index (χ3n) is 5.32. The molecule has 0 heterocycles. The summed E-state index contributed by atoms with van der Waals surface area (Å²) in [5.41, 5.74) is 5.62. The van der Waals surface area contributed by atoms with Crippen molar-refractivity contribution in [1.29, 1.82) is 0 Å². The first-order valence-electron chi connectivity index (χ1n) is 11.9. The summed E-state index contributed by atoms with van der Waals surface area (Å²) >= 11 is 0. The second-order valence-electron chi connectivity index (χ2n) is 8.09. The van der Waals surface area contributed by atoms with Crippen LogP contribution in [0.3, 0.4) is 0 Å². The Hall–Kier alpha value is -4.46. The van der Waals surface area contributed by atoms with Crippen molar-refractivity contribution in [2.45, 2.75) is 26.7 Å². The van der Waals surface area contributed by atoms with Crippen LogP contribution >= 0.6 is 0 Å². The molecule has 4 rings (SSSR count). The normalized spacial score (nSPS) is 12.1. The number of fused-ring (bicyclic) bond motifs is 1. The number of hydrogen-bond donors (Lipinski definition) is 2. The number of anilines is 2. The van der Waals surface area contributed by atoms with Crippen LogP contribution in [0.5, 0.6) is 11.5 Å². The fraction of sp³-hybridized carbons (Fsp3) is 0.214. The summed E-state index contributed by atoms with van der Waals surface area (Å²) in [6.07, 6.45) is 1.84. The second-order valence-corrected chi connectivity index (χ2v) is 8.09. The van der Waals surface area contributed by atoms with E-state index < -0.39 is 10.9 Å². The third-order valence-corrected chi connectivity index (χ3v) is 5.32. The molecular formula is C28H28N4O4. The van der Waals surface area contributed by atoms with Crippen molar-refractivity contribution in [2.75, 3.05) is 24.1 Å². The van der Waals surface area contributed by atoms with Gasteiger partial charge in [-0.1, -0.05) is 38.1 Å². The SMILES string of the molecule is CCCOc1ccc(N/N=c2\c(=O)c(=O)/c(=N/Nc3ccc(OCCC)cc3)c3ccccc23)cc1. The van der Waals surface area contributed by atoms with Crippen LogP contribution in [0.4, 0.5) is 11.4 Å². The molecule has 8 heteroatoms. The number of rotatable bonds is 10. The molecule has 0 fully saturated rings. The minimum atomic E-state index is -0.729. The lowest BCUT2D eigenvalue weighted by Gasteiger charge is -2.06. The van der Waals surface area contributed by atoms with E-state index >= 15 is 0 Å². The Morgan fingerprint density at radius 1 is 0.611 bits per heavy atom. The van der Waals surface area contributed by atoms with E-state index in [0.717, 1.165) is 24.3 Å². The van der Waals surface area contributed by atoms with Crippen LogP contribution in [0.25, 0.3) is 10.8 Å². The Morgan fingerprint density at radius 2 is 1.00 bits per heavy atom. The monoisotopic (exact) mass is 484 g/mol. The van der Waals surface area contributed by atoms with Crippen molar-refractivity contribution in [3.8, 4) is 11.5 Å². The molecule has 0 amide bonds. The van der Waals surface area contributed by atoms with E-state index in [-0.39, 0.29) is 10.7 Å². The van der Waals surface area contributed by atoms with Gasteiger partial charge in [0.1, 0.15) is 22.2 Å². The Morgan fingerprint density at radius 3 is 1.36 bits per heavy atom. The van der Waals surface area contributed by atoms with E-state index in [9.17, 15) is 9.59 Å². The van der Waals surface area contributed by atoms with Gasteiger partial charge in [0, 0.05) is 10.8 Å². The maximum absolute atomic E-state index is 13.0. The van der Waals surface area contributed by atoms with Crippen molar-refractivity contribution in [1.82, 2.24) is 0 Å². The maximum Gasteiger partial charge on any atom is 0.256 e. The summed E-state index contributed by atoms with van der Waals surface area (Å²) in [5.74, 6) is 1.50. The van der Waals surface area contributed by atoms with Gasteiger partial charge >= 0.3 is 0 Å². The molecule has 4 aromatic carbocycles. The molecular weight excluding hydrogens is 456 g/mol. The summed E-state index contributed by atoms with van der Waals surface area (Å²) < 4.78 is 11.2. The van der Waals surface area contributed by atoms with Gasteiger partial charge in [0.25, 0.3) is 10.9 Å². The fourth-order valence-electron chi connectivity index (χ4n) is 3.51. The van der Waals surface area contributed by atoms with Crippen LogP contribution in [-0.4, -0.2) is 13.2 Å². The quantitative estimate of drug-likeness (QED) is 0.262. The van der Waals surface area contributed by atoms with E-state index in [1.807, 2.05) is 38.1 Å². The average Bonchev–Trinajstić information content (AvgIpc) is 2.92. The molecule has 0 unspecified atom stereocenters. The predicted octanol–water partition coefficient (Wildman–Crippen LogP) is 3.87.